The molecule has 1 amide bonds. The molecule has 0 aliphatic carbocycles. The van der Waals surface area contributed by atoms with E-state index in [1.165, 1.54) is 5.56 Å². The Morgan fingerprint density at radius 2 is 1.88 bits per heavy atom. The van der Waals surface area contributed by atoms with Gasteiger partial charge in [-0.05, 0) is 24.8 Å². The van der Waals surface area contributed by atoms with Crippen LogP contribution in [0.1, 0.15) is 49.5 Å². The topological polar surface area (TPSA) is 49.4 Å². The summed E-state index contributed by atoms with van der Waals surface area (Å²) in [5.41, 5.74) is 1.96. The first-order valence-electron chi connectivity index (χ1n) is 8.59. The van der Waals surface area contributed by atoms with Crippen molar-refractivity contribution in [3.05, 3.63) is 35.4 Å². The summed E-state index contributed by atoms with van der Waals surface area (Å²) in [6.45, 7) is 8.80. The number of hydrogen-bond acceptors (Lipinski definition) is 3. The van der Waals surface area contributed by atoms with Gasteiger partial charge in [-0.3, -0.25) is 9.59 Å². The quantitative estimate of drug-likeness (QED) is 0.800. The molecule has 1 N–H and O–H groups in total. The highest BCUT2D eigenvalue weighted by atomic mass is 35.5. The van der Waals surface area contributed by atoms with E-state index in [1.807, 2.05) is 36.1 Å². The number of nitrogens with zero attached hydrogens (tertiary/aromatic N) is 1. The van der Waals surface area contributed by atoms with Crippen molar-refractivity contribution in [2.24, 2.45) is 5.92 Å². The molecule has 0 aromatic heterocycles. The molecular formula is C19H29ClN2O2. The lowest BCUT2D eigenvalue weighted by Gasteiger charge is -2.34. The zero-order valence-corrected chi connectivity index (χ0v) is 15.7. The van der Waals surface area contributed by atoms with E-state index in [4.69, 9.17) is 0 Å². The lowest BCUT2D eigenvalue weighted by atomic mass is 9.99. The molecule has 1 aromatic rings. The number of amides is 1. The van der Waals surface area contributed by atoms with E-state index >= 15 is 0 Å². The van der Waals surface area contributed by atoms with Gasteiger partial charge in [-0.2, -0.15) is 0 Å². The van der Waals surface area contributed by atoms with E-state index in [0.717, 1.165) is 26.1 Å². The summed E-state index contributed by atoms with van der Waals surface area (Å²) in [6, 6.07) is 8.03. The van der Waals surface area contributed by atoms with Crippen LogP contribution in [0.3, 0.4) is 0 Å². The number of halogens is 1. The van der Waals surface area contributed by atoms with Crippen LogP contribution in [0.15, 0.2) is 24.3 Å². The Morgan fingerprint density at radius 1 is 1.21 bits per heavy atom. The van der Waals surface area contributed by atoms with E-state index in [-0.39, 0.29) is 30.1 Å². The standard InChI is InChI=1S/C19H28N2O2.ClH/c1-14(2)12-16-4-6-17(7-5-16)18(22)8-9-19(23)21-11-10-20-13-15(21)3;/h4-7,14-15,20H,8-13H2,1-3H3;1H. The first-order chi connectivity index (χ1) is 11.0. The minimum Gasteiger partial charge on any atom is -0.337 e. The van der Waals surface area contributed by atoms with Gasteiger partial charge in [0.2, 0.25) is 5.91 Å². The molecule has 5 heteroatoms. The highest BCUT2D eigenvalue weighted by molar-refractivity contribution is 5.98. The van der Waals surface area contributed by atoms with Gasteiger partial charge in [-0.1, -0.05) is 38.1 Å². The zero-order valence-electron chi connectivity index (χ0n) is 14.9. The van der Waals surface area contributed by atoms with Crippen molar-refractivity contribution in [3.8, 4) is 0 Å². The van der Waals surface area contributed by atoms with Crippen molar-refractivity contribution < 1.29 is 9.59 Å². The molecule has 4 nitrogen and oxygen atoms in total. The molecule has 1 heterocycles. The van der Waals surface area contributed by atoms with Gasteiger partial charge >= 0.3 is 0 Å². The van der Waals surface area contributed by atoms with Crippen molar-refractivity contribution in [2.75, 3.05) is 19.6 Å². The largest absolute Gasteiger partial charge is 0.337 e. The van der Waals surface area contributed by atoms with Gasteiger partial charge in [-0.25, -0.2) is 0 Å². The molecule has 1 aliphatic rings. The normalized spacial score (nSPS) is 17.5. The molecule has 1 atom stereocenters. The SMILES string of the molecule is CC(C)Cc1ccc(C(=O)CCC(=O)N2CCNCC2C)cc1.Cl. The minimum atomic E-state index is 0. The number of Topliss-reactive ketones (excluding diaryl/α,β-unsaturated/α-hetero) is 1. The summed E-state index contributed by atoms with van der Waals surface area (Å²) in [5.74, 6) is 0.746. The van der Waals surface area contributed by atoms with Crippen LogP contribution in [0, 0.1) is 5.92 Å². The van der Waals surface area contributed by atoms with Crippen molar-refractivity contribution in [1.82, 2.24) is 10.2 Å². The molecule has 1 saturated heterocycles. The summed E-state index contributed by atoms with van der Waals surface area (Å²) in [5, 5.41) is 3.27. The van der Waals surface area contributed by atoms with Gasteiger partial charge in [-0.15, -0.1) is 12.4 Å². The number of nitrogens with one attached hydrogen (secondary N) is 1. The molecule has 1 fully saturated rings. The fourth-order valence-corrected chi connectivity index (χ4v) is 3.02. The second-order valence-corrected chi connectivity index (χ2v) is 6.86. The predicted octanol–water partition coefficient (Wildman–Crippen LogP) is 3.09. The third-order valence-electron chi connectivity index (χ3n) is 4.31. The Morgan fingerprint density at radius 3 is 2.46 bits per heavy atom. The van der Waals surface area contributed by atoms with Gasteiger partial charge in [0.1, 0.15) is 0 Å². The summed E-state index contributed by atoms with van der Waals surface area (Å²) in [4.78, 5) is 26.4. The summed E-state index contributed by atoms with van der Waals surface area (Å²) >= 11 is 0. The van der Waals surface area contributed by atoms with Crippen molar-refractivity contribution >= 4 is 24.1 Å². The van der Waals surface area contributed by atoms with Crippen LogP contribution in [-0.2, 0) is 11.2 Å². The van der Waals surface area contributed by atoms with Crippen LogP contribution in [0.4, 0.5) is 0 Å². The van der Waals surface area contributed by atoms with E-state index in [1.54, 1.807) is 0 Å². The number of ketones is 1. The fourth-order valence-electron chi connectivity index (χ4n) is 3.02. The van der Waals surface area contributed by atoms with Crippen LogP contribution in [0.5, 0.6) is 0 Å². The Hall–Kier alpha value is -1.39. The van der Waals surface area contributed by atoms with E-state index in [2.05, 4.69) is 19.2 Å². The molecule has 0 saturated carbocycles. The molecule has 0 radical (unpaired) electrons. The minimum absolute atomic E-state index is 0. The Kier molecular flexibility index (Phi) is 8.43. The lowest BCUT2D eigenvalue weighted by Crippen LogP contribution is -2.52. The van der Waals surface area contributed by atoms with Crippen LogP contribution < -0.4 is 5.32 Å². The molecule has 1 unspecified atom stereocenters. The predicted molar refractivity (Wildman–Crippen MR) is 99.8 cm³/mol. The summed E-state index contributed by atoms with van der Waals surface area (Å²) in [6.07, 6.45) is 1.61. The van der Waals surface area contributed by atoms with E-state index in [9.17, 15) is 9.59 Å². The third-order valence-corrected chi connectivity index (χ3v) is 4.31. The first kappa shape index (κ1) is 20.7. The number of hydrogen-bond donors (Lipinski definition) is 1. The van der Waals surface area contributed by atoms with E-state index < -0.39 is 0 Å². The monoisotopic (exact) mass is 352 g/mol. The molecule has 1 aromatic carbocycles. The number of carbonyl (C=O) groups excluding carboxylic acids is 2. The highest BCUT2D eigenvalue weighted by Gasteiger charge is 2.23. The van der Waals surface area contributed by atoms with Crippen LogP contribution in [0.25, 0.3) is 0 Å². The molecule has 0 bridgehead atoms. The number of piperazine rings is 1. The zero-order chi connectivity index (χ0) is 16.8. The maximum atomic E-state index is 12.3. The highest BCUT2D eigenvalue weighted by Crippen LogP contribution is 2.13. The fraction of sp³-hybridized carbons (Fsp3) is 0.579. The van der Waals surface area contributed by atoms with Crippen molar-refractivity contribution in [3.63, 3.8) is 0 Å². The molecule has 134 valence electrons. The summed E-state index contributed by atoms with van der Waals surface area (Å²) < 4.78 is 0. The average molecular weight is 353 g/mol. The Labute approximate surface area is 151 Å². The number of carbonyl (C=O) groups is 2. The van der Waals surface area contributed by atoms with Crippen LogP contribution >= 0.6 is 12.4 Å². The maximum Gasteiger partial charge on any atom is 0.223 e. The van der Waals surface area contributed by atoms with Crippen LogP contribution in [0.2, 0.25) is 0 Å². The van der Waals surface area contributed by atoms with Crippen LogP contribution in [-0.4, -0.2) is 42.3 Å². The first-order valence-corrected chi connectivity index (χ1v) is 8.59. The van der Waals surface area contributed by atoms with Gasteiger partial charge in [0.15, 0.2) is 5.78 Å². The third kappa shape index (κ3) is 5.91. The Balaban J connectivity index is 0.00000288. The number of benzene rings is 1. The van der Waals surface area contributed by atoms with Crippen molar-refractivity contribution in [2.45, 2.75) is 46.1 Å². The second kappa shape index (κ2) is 9.80. The van der Waals surface area contributed by atoms with E-state index in [0.29, 0.717) is 24.3 Å². The molecule has 2 rings (SSSR count). The molecular weight excluding hydrogens is 324 g/mol. The molecule has 24 heavy (non-hydrogen) atoms. The average Bonchev–Trinajstić information content (AvgIpc) is 2.53. The second-order valence-electron chi connectivity index (χ2n) is 6.86. The smallest absolute Gasteiger partial charge is 0.223 e. The Bertz CT molecular complexity index is 543. The molecule has 1 aliphatic heterocycles. The maximum absolute atomic E-state index is 12.3. The van der Waals surface area contributed by atoms with Gasteiger partial charge in [0.05, 0.1) is 0 Å². The van der Waals surface area contributed by atoms with Gasteiger partial charge < -0.3 is 10.2 Å². The van der Waals surface area contributed by atoms with Crippen molar-refractivity contribution in [1.29, 1.82) is 0 Å². The van der Waals surface area contributed by atoms with Gasteiger partial charge in [0.25, 0.3) is 0 Å². The van der Waals surface area contributed by atoms with Gasteiger partial charge in [0, 0.05) is 44.1 Å². The number of rotatable bonds is 6. The lowest BCUT2D eigenvalue weighted by molar-refractivity contribution is -0.133. The summed E-state index contributed by atoms with van der Waals surface area (Å²) in [7, 11) is 0. The molecule has 0 spiro atoms.